The summed E-state index contributed by atoms with van der Waals surface area (Å²) in [6.07, 6.45) is 0.482. The summed E-state index contributed by atoms with van der Waals surface area (Å²) in [4.78, 5) is 0. The van der Waals surface area contributed by atoms with Gasteiger partial charge in [0.2, 0.25) is 0 Å². The zero-order chi connectivity index (χ0) is 15.4. The SMILES string of the molecule is CNC(Cc1ccc(OC)cc1)c1c(F)cc(Br)cc1F. The van der Waals surface area contributed by atoms with Crippen LogP contribution in [0, 0.1) is 11.6 Å². The summed E-state index contributed by atoms with van der Waals surface area (Å²) >= 11 is 3.09. The highest BCUT2D eigenvalue weighted by Gasteiger charge is 2.20. The lowest BCUT2D eigenvalue weighted by Crippen LogP contribution is -2.21. The molecule has 2 aromatic carbocycles. The minimum Gasteiger partial charge on any atom is -0.497 e. The van der Waals surface area contributed by atoms with Gasteiger partial charge < -0.3 is 10.1 Å². The number of methoxy groups -OCH3 is 1. The fraction of sp³-hybridized carbons (Fsp3) is 0.250. The molecule has 0 heterocycles. The average Bonchev–Trinajstić information content (AvgIpc) is 2.45. The third-order valence-electron chi connectivity index (χ3n) is 3.34. The van der Waals surface area contributed by atoms with E-state index in [1.54, 1.807) is 14.2 Å². The topological polar surface area (TPSA) is 21.3 Å². The van der Waals surface area contributed by atoms with Crippen LogP contribution in [0.25, 0.3) is 0 Å². The molecule has 0 aliphatic carbocycles. The van der Waals surface area contributed by atoms with E-state index in [0.29, 0.717) is 10.9 Å². The lowest BCUT2D eigenvalue weighted by atomic mass is 9.98. The highest BCUT2D eigenvalue weighted by Crippen LogP contribution is 2.27. The van der Waals surface area contributed by atoms with Crippen molar-refractivity contribution in [2.75, 3.05) is 14.2 Å². The van der Waals surface area contributed by atoms with E-state index in [0.717, 1.165) is 11.3 Å². The number of benzene rings is 2. The molecule has 0 aliphatic rings. The van der Waals surface area contributed by atoms with Gasteiger partial charge in [-0.05, 0) is 43.3 Å². The third kappa shape index (κ3) is 3.80. The summed E-state index contributed by atoms with van der Waals surface area (Å²) in [5.41, 5.74) is 1.02. The van der Waals surface area contributed by atoms with E-state index in [9.17, 15) is 8.78 Å². The Labute approximate surface area is 131 Å². The summed E-state index contributed by atoms with van der Waals surface area (Å²) in [7, 11) is 3.28. The number of ether oxygens (including phenoxy) is 1. The van der Waals surface area contributed by atoms with Gasteiger partial charge in [-0.2, -0.15) is 0 Å². The van der Waals surface area contributed by atoms with Crippen LogP contribution in [-0.2, 0) is 6.42 Å². The molecule has 2 nitrogen and oxygen atoms in total. The first-order chi connectivity index (χ1) is 10.0. The monoisotopic (exact) mass is 355 g/mol. The normalized spacial score (nSPS) is 12.2. The Morgan fingerprint density at radius 1 is 1.14 bits per heavy atom. The van der Waals surface area contributed by atoms with Crippen LogP contribution in [0.2, 0.25) is 0 Å². The minimum atomic E-state index is -0.560. The predicted octanol–water partition coefficient (Wildman–Crippen LogP) is 4.24. The molecule has 1 N–H and O–H groups in total. The van der Waals surface area contributed by atoms with Gasteiger partial charge in [0.05, 0.1) is 7.11 Å². The molecule has 0 amide bonds. The van der Waals surface area contributed by atoms with Crippen LogP contribution >= 0.6 is 15.9 Å². The van der Waals surface area contributed by atoms with Crippen LogP contribution in [0.15, 0.2) is 40.9 Å². The van der Waals surface area contributed by atoms with Gasteiger partial charge in [0.15, 0.2) is 0 Å². The standard InChI is InChI=1S/C16H16BrF2NO/c1-20-15(7-10-3-5-12(21-2)6-4-10)16-13(18)8-11(17)9-14(16)19/h3-6,8-9,15,20H,7H2,1-2H3. The quantitative estimate of drug-likeness (QED) is 0.865. The van der Waals surface area contributed by atoms with Crippen LogP contribution in [-0.4, -0.2) is 14.2 Å². The first-order valence-electron chi connectivity index (χ1n) is 6.49. The Morgan fingerprint density at radius 3 is 2.19 bits per heavy atom. The molecule has 1 atom stereocenters. The second kappa shape index (κ2) is 7.00. The molecule has 0 radical (unpaired) electrons. The van der Waals surface area contributed by atoms with Gasteiger partial charge in [0.1, 0.15) is 17.4 Å². The van der Waals surface area contributed by atoms with E-state index < -0.39 is 17.7 Å². The van der Waals surface area contributed by atoms with Gasteiger partial charge in [-0.3, -0.25) is 0 Å². The molecular formula is C16H16BrF2NO. The summed E-state index contributed by atoms with van der Waals surface area (Å²) in [6.45, 7) is 0. The van der Waals surface area contributed by atoms with Crippen molar-refractivity contribution < 1.29 is 13.5 Å². The lowest BCUT2D eigenvalue weighted by Gasteiger charge is -2.18. The summed E-state index contributed by atoms with van der Waals surface area (Å²) in [6, 6.07) is 9.54. The first-order valence-corrected chi connectivity index (χ1v) is 7.29. The van der Waals surface area contributed by atoms with E-state index in [2.05, 4.69) is 21.2 Å². The van der Waals surface area contributed by atoms with Gasteiger partial charge in [0, 0.05) is 16.1 Å². The Balaban J connectivity index is 2.27. The first kappa shape index (κ1) is 15.9. The van der Waals surface area contributed by atoms with Crippen molar-refractivity contribution in [3.05, 3.63) is 63.6 Å². The molecule has 0 aromatic heterocycles. The molecular weight excluding hydrogens is 340 g/mol. The van der Waals surface area contributed by atoms with Gasteiger partial charge in [-0.15, -0.1) is 0 Å². The van der Waals surface area contributed by atoms with Gasteiger partial charge >= 0.3 is 0 Å². The Kier molecular flexibility index (Phi) is 5.31. The minimum absolute atomic E-state index is 0.0523. The van der Waals surface area contributed by atoms with Crippen LogP contribution in [0.3, 0.4) is 0 Å². The summed E-state index contributed by atoms with van der Waals surface area (Å²) in [5, 5.41) is 2.97. The fourth-order valence-corrected chi connectivity index (χ4v) is 2.63. The van der Waals surface area contributed by atoms with Crippen LogP contribution < -0.4 is 10.1 Å². The average molecular weight is 356 g/mol. The zero-order valence-electron chi connectivity index (χ0n) is 11.8. The van der Waals surface area contributed by atoms with Gasteiger partial charge in [0.25, 0.3) is 0 Å². The van der Waals surface area contributed by atoms with E-state index >= 15 is 0 Å². The van der Waals surface area contributed by atoms with Gasteiger partial charge in [-0.1, -0.05) is 28.1 Å². The second-order valence-electron chi connectivity index (χ2n) is 4.68. The maximum atomic E-state index is 14.0. The van der Waals surface area contributed by atoms with Crippen molar-refractivity contribution in [2.45, 2.75) is 12.5 Å². The Bertz CT molecular complexity index is 593. The van der Waals surface area contributed by atoms with E-state index in [-0.39, 0.29) is 5.56 Å². The fourth-order valence-electron chi connectivity index (χ4n) is 2.23. The van der Waals surface area contributed by atoms with Crippen LogP contribution in [0.4, 0.5) is 8.78 Å². The lowest BCUT2D eigenvalue weighted by molar-refractivity contribution is 0.414. The van der Waals surface area contributed by atoms with Crippen molar-refractivity contribution in [2.24, 2.45) is 0 Å². The molecule has 5 heteroatoms. The smallest absolute Gasteiger partial charge is 0.132 e. The zero-order valence-corrected chi connectivity index (χ0v) is 13.4. The third-order valence-corrected chi connectivity index (χ3v) is 3.80. The maximum Gasteiger partial charge on any atom is 0.132 e. The molecule has 2 rings (SSSR count). The molecule has 0 fully saturated rings. The molecule has 0 saturated carbocycles. The maximum absolute atomic E-state index is 14.0. The number of halogens is 3. The highest BCUT2D eigenvalue weighted by molar-refractivity contribution is 9.10. The largest absolute Gasteiger partial charge is 0.497 e. The van der Waals surface area contributed by atoms with E-state index in [1.807, 2.05) is 24.3 Å². The molecule has 112 valence electrons. The van der Waals surface area contributed by atoms with Crippen LogP contribution in [0.1, 0.15) is 17.2 Å². The van der Waals surface area contributed by atoms with E-state index in [1.165, 1.54) is 12.1 Å². The number of nitrogens with one attached hydrogen (secondary N) is 1. The Morgan fingerprint density at radius 2 is 1.71 bits per heavy atom. The molecule has 0 aliphatic heterocycles. The second-order valence-corrected chi connectivity index (χ2v) is 5.59. The molecule has 0 bridgehead atoms. The van der Waals surface area contributed by atoms with Crippen molar-refractivity contribution in [3.63, 3.8) is 0 Å². The molecule has 21 heavy (non-hydrogen) atoms. The Hall–Kier alpha value is -1.46. The van der Waals surface area contributed by atoms with Crippen molar-refractivity contribution >= 4 is 15.9 Å². The van der Waals surface area contributed by atoms with Crippen LogP contribution in [0.5, 0.6) is 5.75 Å². The van der Waals surface area contributed by atoms with Crippen molar-refractivity contribution in [1.82, 2.24) is 5.32 Å². The van der Waals surface area contributed by atoms with Crippen molar-refractivity contribution in [1.29, 1.82) is 0 Å². The summed E-state index contributed by atoms with van der Waals surface area (Å²) < 4.78 is 33.6. The number of rotatable bonds is 5. The highest BCUT2D eigenvalue weighted by atomic mass is 79.9. The number of hydrogen-bond acceptors (Lipinski definition) is 2. The predicted molar refractivity (Wildman–Crippen MR) is 82.6 cm³/mol. The van der Waals surface area contributed by atoms with E-state index in [4.69, 9.17) is 4.74 Å². The molecule has 0 saturated heterocycles. The van der Waals surface area contributed by atoms with Crippen molar-refractivity contribution in [3.8, 4) is 5.75 Å². The molecule has 1 unspecified atom stereocenters. The number of likely N-dealkylation sites (N-methyl/N-ethyl adjacent to an activating group) is 1. The summed E-state index contributed by atoms with van der Waals surface area (Å²) in [5.74, 6) is -0.370. The van der Waals surface area contributed by atoms with Gasteiger partial charge in [-0.25, -0.2) is 8.78 Å². The molecule has 0 spiro atoms. The molecule has 2 aromatic rings. The number of hydrogen-bond donors (Lipinski definition) is 1.